The molecule has 0 fully saturated rings. The Kier molecular flexibility index (Phi) is 6.62. The second kappa shape index (κ2) is 9.15. The van der Waals surface area contributed by atoms with E-state index in [1.807, 2.05) is 0 Å². The number of carbonyl (C=O) groups excluding carboxylic acids is 1. The molecule has 28 heavy (non-hydrogen) atoms. The minimum absolute atomic E-state index is 0.0434. The summed E-state index contributed by atoms with van der Waals surface area (Å²) in [5.41, 5.74) is 5.06. The van der Waals surface area contributed by atoms with Crippen LogP contribution in [0.4, 0.5) is 4.79 Å². The number of benzene rings is 1. The molecule has 0 bridgehead atoms. The van der Waals surface area contributed by atoms with E-state index in [9.17, 15) is 4.79 Å². The van der Waals surface area contributed by atoms with Gasteiger partial charge in [0.2, 0.25) is 0 Å². The third-order valence-electron chi connectivity index (χ3n) is 5.53. The van der Waals surface area contributed by atoms with Crippen LogP contribution in [0.15, 0.2) is 36.1 Å². The fourth-order valence-electron chi connectivity index (χ4n) is 4.06. The molecule has 0 unspecified atom stereocenters. The first-order chi connectivity index (χ1) is 13.5. The summed E-state index contributed by atoms with van der Waals surface area (Å²) < 4.78 is 12.1. The number of carbonyl (C=O) groups is 1. The lowest BCUT2D eigenvalue weighted by atomic mass is 9.74. The number of rotatable bonds is 7. The smallest absolute Gasteiger partial charge is 0.341 e. The third kappa shape index (κ3) is 4.50. The molecule has 6 nitrogen and oxygen atoms in total. The van der Waals surface area contributed by atoms with Gasteiger partial charge in [0.05, 0.1) is 0 Å². The van der Waals surface area contributed by atoms with Crippen molar-refractivity contribution in [2.45, 2.75) is 58.3 Å². The van der Waals surface area contributed by atoms with Gasteiger partial charge >= 0.3 is 6.03 Å². The van der Waals surface area contributed by atoms with Crippen LogP contribution in [-0.4, -0.2) is 18.0 Å². The molecule has 3 N–H and O–H groups in total. The molecule has 2 amide bonds. The number of ether oxygens (including phenoxy) is 2. The number of fused-ring (bicyclic) bond motifs is 3. The van der Waals surface area contributed by atoms with E-state index in [0.29, 0.717) is 0 Å². The Morgan fingerprint density at radius 2 is 2.21 bits per heavy atom. The van der Waals surface area contributed by atoms with Crippen LogP contribution in [0.2, 0.25) is 0 Å². The summed E-state index contributed by atoms with van der Waals surface area (Å²) in [6.07, 6.45) is 8.72. The summed E-state index contributed by atoms with van der Waals surface area (Å²) in [7, 11) is 0. The Morgan fingerprint density at radius 3 is 2.96 bits per heavy atom. The van der Waals surface area contributed by atoms with Crippen LogP contribution in [0.1, 0.15) is 63.0 Å². The lowest BCUT2D eigenvalue weighted by molar-refractivity contribution is 0.153. The van der Waals surface area contributed by atoms with Crippen LogP contribution in [0.3, 0.4) is 0 Å². The van der Waals surface area contributed by atoms with Crippen molar-refractivity contribution in [2.24, 2.45) is 5.92 Å². The van der Waals surface area contributed by atoms with Crippen molar-refractivity contribution in [3.63, 3.8) is 0 Å². The first-order valence-electron chi connectivity index (χ1n) is 10.0. The van der Waals surface area contributed by atoms with Crippen molar-refractivity contribution in [3.05, 3.63) is 47.2 Å². The maximum atomic E-state index is 11.2. The minimum Gasteiger partial charge on any atom is -0.473 e. The molecule has 0 spiro atoms. The Hall–Kier alpha value is -2.47. The van der Waals surface area contributed by atoms with Gasteiger partial charge < -0.3 is 14.8 Å². The normalized spacial score (nSPS) is 20.4. The number of allylic oxidation sites excluding steroid dienone is 3. The summed E-state index contributed by atoms with van der Waals surface area (Å²) in [5, 5.41) is 11.1. The molecule has 0 saturated heterocycles. The maximum absolute atomic E-state index is 11.2. The van der Waals surface area contributed by atoms with Crippen molar-refractivity contribution < 1.29 is 19.5 Å². The molecular formula is C22H30N2O4. The van der Waals surface area contributed by atoms with Gasteiger partial charge in [-0.25, -0.2) is 10.3 Å². The SMILES string of the molecule is C=C1Oc2cc(CCCCC)cc(OCNC(=O)NO)c2[C@@H]2C=C(C)CC[C@@H]12. The standard InChI is InChI=1S/C22H30N2O4/c1-4-5-6-7-16-11-19(27-13-23-22(25)24-26)21-18-10-14(2)8-9-17(18)15(3)28-20(21)12-16/h10-12,17-18,26H,3-9,13H2,1-2H3,(H2,23,24,25)/t17-,18+/m0/s1. The average Bonchev–Trinajstić information content (AvgIpc) is 2.67. The fourth-order valence-corrected chi connectivity index (χ4v) is 4.06. The first-order valence-corrected chi connectivity index (χ1v) is 10.0. The Balaban J connectivity index is 1.93. The number of hydrogen-bond acceptors (Lipinski definition) is 4. The molecule has 1 heterocycles. The number of hydroxylamine groups is 1. The van der Waals surface area contributed by atoms with E-state index in [2.05, 4.69) is 44.0 Å². The molecule has 1 aromatic rings. The van der Waals surface area contributed by atoms with Gasteiger partial charge in [0, 0.05) is 17.4 Å². The van der Waals surface area contributed by atoms with E-state index >= 15 is 0 Å². The van der Waals surface area contributed by atoms with Gasteiger partial charge in [0.1, 0.15) is 17.3 Å². The quantitative estimate of drug-likeness (QED) is 0.207. The molecule has 2 aliphatic rings. The van der Waals surface area contributed by atoms with Crippen LogP contribution in [0.5, 0.6) is 11.5 Å². The van der Waals surface area contributed by atoms with Gasteiger partial charge in [-0.2, -0.15) is 0 Å². The number of unbranched alkanes of at least 4 members (excludes halogenated alkanes) is 2. The number of aryl methyl sites for hydroxylation is 1. The summed E-state index contributed by atoms with van der Waals surface area (Å²) in [5.74, 6) is 2.73. The van der Waals surface area contributed by atoms with Crippen molar-refractivity contribution in [1.82, 2.24) is 10.8 Å². The molecule has 1 aromatic carbocycles. The molecule has 0 saturated carbocycles. The summed E-state index contributed by atoms with van der Waals surface area (Å²) in [4.78, 5) is 11.2. The Labute approximate surface area is 166 Å². The van der Waals surface area contributed by atoms with Crippen LogP contribution in [0.25, 0.3) is 0 Å². The molecule has 152 valence electrons. The van der Waals surface area contributed by atoms with Gasteiger partial charge in [-0.3, -0.25) is 5.21 Å². The molecule has 0 aromatic heterocycles. The zero-order valence-electron chi connectivity index (χ0n) is 16.7. The van der Waals surface area contributed by atoms with Gasteiger partial charge in [-0.15, -0.1) is 0 Å². The second-order valence-electron chi connectivity index (χ2n) is 7.62. The van der Waals surface area contributed by atoms with Crippen molar-refractivity contribution in [3.8, 4) is 11.5 Å². The monoisotopic (exact) mass is 386 g/mol. The highest BCUT2D eigenvalue weighted by atomic mass is 16.5. The lowest BCUT2D eigenvalue weighted by Gasteiger charge is -2.37. The zero-order chi connectivity index (χ0) is 20.1. The molecular weight excluding hydrogens is 356 g/mol. The predicted octanol–water partition coefficient (Wildman–Crippen LogP) is 4.79. The van der Waals surface area contributed by atoms with Gasteiger partial charge in [0.25, 0.3) is 0 Å². The number of hydrogen-bond donors (Lipinski definition) is 3. The summed E-state index contributed by atoms with van der Waals surface area (Å²) in [6, 6.07) is 3.45. The second-order valence-corrected chi connectivity index (χ2v) is 7.62. The van der Waals surface area contributed by atoms with Gasteiger partial charge in [0.15, 0.2) is 6.73 Å². The minimum atomic E-state index is -0.705. The van der Waals surface area contributed by atoms with Crippen molar-refractivity contribution >= 4 is 6.03 Å². The van der Waals surface area contributed by atoms with E-state index in [4.69, 9.17) is 14.7 Å². The number of nitrogens with one attached hydrogen (secondary N) is 2. The average molecular weight is 386 g/mol. The molecule has 6 heteroatoms. The Morgan fingerprint density at radius 1 is 1.39 bits per heavy atom. The fraction of sp³-hybridized carbons (Fsp3) is 0.500. The van der Waals surface area contributed by atoms with Gasteiger partial charge in [-0.05, 0) is 50.3 Å². The van der Waals surface area contributed by atoms with E-state index in [1.54, 1.807) is 5.48 Å². The topological polar surface area (TPSA) is 79.8 Å². The number of urea groups is 1. The van der Waals surface area contributed by atoms with E-state index in [0.717, 1.165) is 60.5 Å². The molecule has 0 radical (unpaired) electrons. The van der Waals surface area contributed by atoms with Crippen molar-refractivity contribution in [2.75, 3.05) is 6.73 Å². The molecule has 3 rings (SSSR count). The molecule has 1 aliphatic carbocycles. The highest BCUT2D eigenvalue weighted by molar-refractivity contribution is 5.72. The van der Waals surface area contributed by atoms with E-state index in [1.165, 1.54) is 12.0 Å². The summed E-state index contributed by atoms with van der Waals surface area (Å²) >= 11 is 0. The first kappa shape index (κ1) is 20.3. The van der Waals surface area contributed by atoms with Gasteiger partial charge in [-0.1, -0.05) is 38.0 Å². The largest absolute Gasteiger partial charge is 0.473 e. The van der Waals surface area contributed by atoms with Crippen LogP contribution >= 0.6 is 0 Å². The Bertz CT molecular complexity index is 772. The third-order valence-corrected chi connectivity index (χ3v) is 5.53. The highest BCUT2D eigenvalue weighted by Gasteiger charge is 2.37. The highest BCUT2D eigenvalue weighted by Crippen LogP contribution is 2.51. The molecule has 2 atom stereocenters. The predicted molar refractivity (Wildman–Crippen MR) is 108 cm³/mol. The van der Waals surface area contributed by atoms with E-state index < -0.39 is 6.03 Å². The number of amides is 2. The lowest BCUT2D eigenvalue weighted by Crippen LogP contribution is -2.36. The zero-order valence-corrected chi connectivity index (χ0v) is 16.7. The van der Waals surface area contributed by atoms with Crippen molar-refractivity contribution in [1.29, 1.82) is 0 Å². The molecule has 1 aliphatic heterocycles. The van der Waals surface area contributed by atoms with Crippen LogP contribution in [-0.2, 0) is 6.42 Å². The maximum Gasteiger partial charge on any atom is 0.341 e. The van der Waals surface area contributed by atoms with Crippen LogP contribution < -0.4 is 20.3 Å². The van der Waals surface area contributed by atoms with E-state index in [-0.39, 0.29) is 18.6 Å². The van der Waals surface area contributed by atoms with Crippen LogP contribution in [0, 0.1) is 5.92 Å². The summed E-state index contributed by atoms with van der Waals surface area (Å²) in [6.45, 7) is 8.46.